The summed E-state index contributed by atoms with van der Waals surface area (Å²) in [6, 6.07) is 13.6. The first kappa shape index (κ1) is 21.2. The normalized spacial score (nSPS) is 15.6. The molecule has 1 aliphatic heterocycles. The Labute approximate surface area is 181 Å². The largest absolute Gasteiger partial charge is 0.354 e. The van der Waals surface area contributed by atoms with Crippen molar-refractivity contribution in [1.29, 1.82) is 5.26 Å². The molecule has 0 radical (unpaired) electrons. The molecule has 0 atom stereocenters. The van der Waals surface area contributed by atoms with Gasteiger partial charge in [0, 0.05) is 31.6 Å². The second kappa shape index (κ2) is 8.25. The van der Waals surface area contributed by atoms with Crippen molar-refractivity contribution >= 4 is 26.7 Å². The van der Waals surface area contributed by atoms with E-state index in [4.69, 9.17) is 4.98 Å². The minimum Gasteiger partial charge on any atom is -0.354 e. The fourth-order valence-corrected chi connectivity index (χ4v) is 5.62. The number of anilines is 1. The second-order valence-electron chi connectivity index (χ2n) is 7.79. The van der Waals surface area contributed by atoms with Crippen LogP contribution in [-0.4, -0.2) is 43.9 Å². The summed E-state index contributed by atoms with van der Waals surface area (Å²) in [6.07, 6.45) is 0.547. The van der Waals surface area contributed by atoms with Crippen LogP contribution in [0.25, 0.3) is 10.9 Å². The highest BCUT2D eigenvalue weighted by Gasteiger charge is 2.30. The van der Waals surface area contributed by atoms with E-state index in [1.54, 1.807) is 0 Å². The quantitative estimate of drug-likeness (QED) is 0.622. The lowest BCUT2D eigenvalue weighted by Crippen LogP contribution is -2.36. The van der Waals surface area contributed by atoms with Gasteiger partial charge in [0.1, 0.15) is 22.6 Å². The number of nitriles is 1. The number of rotatable bonds is 3. The number of nitrogens with zero attached hydrogens (tertiary/aromatic N) is 4. The van der Waals surface area contributed by atoms with Crippen LogP contribution in [0.4, 0.5) is 10.2 Å². The van der Waals surface area contributed by atoms with Crippen LogP contribution < -0.4 is 4.90 Å². The number of fused-ring (bicyclic) bond motifs is 1. The van der Waals surface area contributed by atoms with Crippen LogP contribution >= 0.6 is 0 Å². The minimum absolute atomic E-state index is 0.189. The van der Waals surface area contributed by atoms with Gasteiger partial charge in [-0.2, -0.15) is 9.57 Å². The molecule has 2 heterocycles. The summed E-state index contributed by atoms with van der Waals surface area (Å²) >= 11 is 0. The average molecular weight is 439 g/mol. The molecule has 0 amide bonds. The van der Waals surface area contributed by atoms with Gasteiger partial charge in [-0.05, 0) is 55.7 Å². The topological polar surface area (TPSA) is 77.3 Å². The predicted molar refractivity (Wildman–Crippen MR) is 118 cm³/mol. The first-order chi connectivity index (χ1) is 14.8. The van der Waals surface area contributed by atoms with E-state index < -0.39 is 15.8 Å². The average Bonchev–Trinajstić information content (AvgIpc) is 3.00. The van der Waals surface area contributed by atoms with E-state index in [1.165, 1.54) is 22.5 Å². The van der Waals surface area contributed by atoms with Gasteiger partial charge in [-0.25, -0.2) is 17.8 Å². The molecule has 0 bridgehead atoms. The molecule has 1 saturated heterocycles. The summed E-state index contributed by atoms with van der Waals surface area (Å²) in [6.45, 7) is 5.39. The Bertz CT molecular complexity index is 1300. The first-order valence-electron chi connectivity index (χ1n) is 10.1. The number of aryl methyl sites for hydroxylation is 2. The van der Waals surface area contributed by atoms with Crippen LogP contribution in [0.2, 0.25) is 0 Å². The molecule has 0 saturated carbocycles. The third-order valence-corrected chi connectivity index (χ3v) is 7.53. The maximum Gasteiger partial charge on any atom is 0.246 e. The van der Waals surface area contributed by atoms with E-state index in [-0.39, 0.29) is 18.0 Å². The number of hydrogen-bond acceptors (Lipinski definition) is 5. The number of pyridine rings is 1. The fraction of sp³-hybridized carbons (Fsp3) is 0.304. The molecule has 6 nitrogen and oxygen atoms in total. The third-order valence-electron chi connectivity index (χ3n) is 5.59. The van der Waals surface area contributed by atoms with Crippen molar-refractivity contribution in [3.8, 4) is 6.07 Å². The Morgan fingerprint density at radius 1 is 1.06 bits per heavy atom. The zero-order valence-electron chi connectivity index (χ0n) is 17.5. The monoisotopic (exact) mass is 438 g/mol. The summed E-state index contributed by atoms with van der Waals surface area (Å²) in [5, 5.41) is 10.7. The summed E-state index contributed by atoms with van der Waals surface area (Å²) < 4.78 is 41.4. The minimum atomic E-state index is -3.94. The molecule has 0 aliphatic carbocycles. The maximum atomic E-state index is 14.1. The number of aromatic nitrogens is 1. The molecule has 0 unspecified atom stereocenters. The van der Waals surface area contributed by atoms with E-state index >= 15 is 0 Å². The molecule has 0 spiro atoms. The smallest absolute Gasteiger partial charge is 0.246 e. The molecule has 2 aromatic carbocycles. The van der Waals surface area contributed by atoms with Gasteiger partial charge in [0.05, 0.1) is 11.1 Å². The first-order valence-corrected chi connectivity index (χ1v) is 11.6. The van der Waals surface area contributed by atoms with Crippen LogP contribution in [-0.2, 0) is 10.0 Å². The molecule has 160 valence electrons. The molecular formula is C23H23FN4O2S. The van der Waals surface area contributed by atoms with E-state index in [2.05, 4.69) is 12.1 Å². The Kier molecular flexibility index (Phi) is 5.65. The van der Waals surface area contributed by atoms with Crippen LogP contribution in [0.1, 0.15) is 23.1 Å². The van der Waals surface area contributed by atoms with Crippen LogP contribution in [0.5, 0.6) is 0 Å². The van der Waals surface area contributed by atoms with Crippen molar-refractivity contribution in [2.45, 2.75) is 25.2 Å². The molecule has 8 heteroatoms. The zero-order chi connectivity index (χ0) is 22.2. The van der Waals surface area contributed by atoms with Crippen molar-refractivity contribution in [1.82, 2.24) is 9.29 Å². The summed E-state index contributed by atoms with van der Waals surface area (Å²) in [5.74, 6) is -0.192. The highest BCUT2D eigenvalue weighted by Crippen LogP contribution is 2.28. The lowest BCUT2D eigenvalue weighted by Gasteiger charge is -2.24. The van der Waals surface area contributed by atoms with Crippen molar-refractivity contribution in [2.75, 3.05) is 31.1 Å². The van der Waals surface area contributed by atoms with Crippen molar-refractivity contribution < 1.29 is 12.8 Å². The van der Waals surface area contributed by atoms with Crippen molar-refractivity contribution in [2.24, 2.45) is 0 Å². The van der Waals surface area contributed by atoms with E-state index in [0.29, 0.717) is 30.9 Å². The molecule has 3 aromatic rings. The van der Waals surface area contributed by atoms with Gasteiger partial charge in [-0.15, -0.1) is 0 Å². The van der Waals surface area contributed by atoms with Gasteiger partial charge in [0.25, 0.3) is 0 Å². The number of hydrogen-bond donors (Lipinski definition) is 0. The number of benzene rings is 2. The fourth-order valence-electron chi connectivity index (χ4n) is 4.08. The number of sulfonamides is 1. The summed E-state index contributed by atoms with van der Waals surface area (Å²) in [7, 11) is -3.94. The third kappa shape index (κ3) is 3.99. The van der Waals surface area contributed by atoms with E-state index in [9.17, 15) is 18.1 Å². The maximum absolute atomic E-state index is 14.1. The van der Waals surface area contributed by atoms with Gasteiger partial charge in [0.2, 0.25) is 10.0 Å². The molecular weight excluding hydrogens is 415 g/mol. The Morgan fingerprint density at radius 3 is 2.58 bits per heavy atom. The highest BCUT2D eigenvalue weighted by molar-refractivity contribution is 7.89. The van der Waals surface area contributed by atoms with Gasteiger partial charge >= 0.3 is 0 Å². The standard InChI is InChI=1S/C23H23FN4O2S/c1-16-12-17(2)19-14-18(15-25)23(26-21(19)13-16)27-8-5-9-28(11-10-27)31(29,30)22-7-4-3-6-20(22)24/h3-4,6-7,12-14H,5,8-11H2,1-2H3. The molecule has 1 fully saturated rings. The summed E-state index contributed by atoms with van der Waals surface area (Å²) in [5.41, 5.74) is 3.42. The molecule has 31 heavy (non-hydrogen) atoms. The molecule has 4 rings (SSSR count). The van der Waals surface area contributed by atoms with Gasteiger partial charge < -0.3 is 4.90 Å². The summed E-state index contributed by atoms with van der Waals surface area (Å²) in [4.78, 5) is 6.41. The lowest BCUT2D eigenvalue weighted by molar-refractivity contribution is 0.428. The lowest BCUT2D eigenvalue weighted by atomic mass is 10.0. The van der Waals surface area contributed by atoms with Gasteiger partial charge in [0.15, 0.2) is 0 Å². The Morgan fingerprint density at radius 2 is 1.84 bits per heavy atom. The molecule has 1 aliphatic rings. The van der Waals surface area contributed by atoms with Crippen molar-refractivity contribution in [3.63, 3.8) is 0 Å². The molecule has 1 aromatic heterocycles. The SMILES string of the molecule is Cc1cc(C)c2cc(C#N)c(N3CCCN(S(=O)(=O)c4ccccc4F)CC3)nc2c1. The zero-order valence-corrected chi connectivity index (χ0v) is 18.3. The Hall–Kier alpha value is -3.02. The van der Waals surface area contributed by atoms with E-state index in [0.717, 1.165) is 28.1 Å². The number of halogens is 1. The van der Waals surface area contributed by atoms with Crippen LogP contribution in [0.3, 0.4) is 0 Å². The second-order valence-corrected chi connectivity index (χ2v) is 9.70. The Balaban J connectivity index is 1.66. The van der Waals surface area contributed by atoms with Crippen molar-refractivity contribution in [3.05, 3.63) is 65.0 Å². The van der Waals surface area contributed by atoms with Crippen LogP contribution in [0, 0.1) is 31.0 Å². The molecule has 0 N–H and O–H groups in total. The predicted octanol–water partition coefficient (Wildman–Crippen LogP) is 3.76. The highest BCUT2D eigenvalue weighted by atomic mass is 32.2. The van der Waals surface area contributed by atoms with E-state index in [1.807, 2.05) is 30.9 Å². The van der Waals surface area contributed by atoms with Gasteiger partial charge in [-0.3, -0.25) is 0 Å². The van der Waals surface area contributed by atoms with Gasteiger partial charge in [-0.1, -0.05) is 18.2 Å². The van der Waals surface area contributed by atoms with Crippen LogP contribution in [0.15, 0.2) is 47.4 Å².